The largest absolute Gasteiger partial charge is 0.368 e. The molecule has 1 N–H and O–H groups in total. The molecule has 5 rings (SSSR count). The van der Waals surface area contributed by atoms with Gasteiger partial charge in [0.15, 0.2) is 11.6 Å². The van der Waals surface area contributed by atoms with Crippen molar-refractivity contribution >= 4 is 45.3 Å². The number of hydrogen-bond donors (Lipinski definition) is 1. The molecule has 0 radical (unpaired) electrons. The Labute approximate surface area is 229 Å². The third kappa shape index (κ3) is 4.94. The molecule has 4 aromatic rings. The first-order valence-corrected chi connectivity index (χ1v) is 14.1. The van der Waals surface area contributed by atoms with Crippen LogP contribution in [0.15, 0.2) is 31.0 Å². The van der Waals surface area contributed by atoms with E-state index in [2.05, 4.69) is 61.8 Å². The minimum absolute atomic E-state index is 0.121. The van der Waals surface area contributed by atoms with Gasteiger partial charge in [0.1, 0.15) is 22.8 Å². The summed E-state index contributed by atoms with van der Waals surface area (Å²) >= 11 is 2.50. The fourth-order valence-corrected chi connectivity index (χ4v) is 5.71. The number of hydrogen-bond acceptors (Lipinski definition) is 9. The molecule has 11 heteroatoms. The second-order valence-electron chi connectivity index (χ2n) is 9.24. The van der Waals surface area contributed by atoms with Gasteiger partial charge in [-0.3, -0.25) is 0 Å². The molecule has 1 saturated carbocycles. The van der Waals surface area contributed by atoms with E-state index in [1.807, 2.05) is 25.4 Å². The molecule has 4 heterocycles. The molecule has 0 unspecified atom stereocenters. The van der Waals surface area contributed by atoms with E-state index in [0.29, 0.717) is 11.7 Å². The van der Waals surface area contributed by atoms with Crippen LogP contribution in [0.4, 0.5) is 11.6 Å². The highest BCUT2D eigenvalue weighted by Crippen LogP contribution is 2.36. The molecular weight excluding hydrogens is 579 g/mol. The van der Waals surface area contributed by atoms with Gasteiger partial charge in [0, 0.05) is 47.6 Å². The Balaban J connectivity index is 1.61. The number of aryl methyl sites for hydroxylation is 1. The number of aromatic nitrogens is 7. The van der Waals surface area contributed by atoms with Crippen molar-refractivity contribution in [3.63, 3.8) is 0 Å². The Bertz CT molecular complexity index is 1440. The van der Waals surface area contributed by atoms with Crippen LogP contribution in [0, 0.1) is 17.2 Å². The molecule has 0 saturated heterocycles. The van der Waals surface area contributed by atoms with Crippen molar-refractivity contribution in [2.24, 2.45) is 5.92 Å². The number of fused-ring (bicyclic) bond motifs is 1. The Morgan fingerprint density at radius 2 is 1.92 bits per heavy atom. The summed E-state index contributed by atoms with van der Waals surface area (Å²) in [5.74, 6) is 2.56. The molecule has 0 amide bonds. The lowest BCUT2D eigenvalue weighted by Gasteiger charge is -2.28. The van der Waals surface area contributed by atoms with Crippen molar-refractivity contribution in [1.82, 2.24) is 34.7 Å². The van der Waals surface area contributed by atoms with Crippen molar-refractivity contribution in [1.29, 1.82) is 5.26 Å². The maximum atomic E-state index is 8.98. The molecule has 0 aliphatic heterocycles. The van der Waals surface area contributed by atoms with Crippen molar-refractivity contribution in [3.8, 4) is 22.9 Å². The Kier molecular flexibility index (Phi) is 7.45. The van der Waals surface area contributed by atoms with E-state index in [-0.39, 0.29) is 5.82 Å². The van der Waals surface area contributed by atoms with Gasteiger partial charge in [-0.15, -0.1) is 0 Å². The average Bonchev–Trinajstić information content (AvgIpc) is 3.63. The summed E-state index contributed by atoms with van der Waals surface area (Å²) in [5, 5.41) is 16.8. The van der Waals surface area contributed by atoms with E-state index in [0.717, 1.165) is 58.4 Å². The van der Waals surface area contributed by atoms with Gasteiger partial charge < -0.3 is 10.2 Å². The van der Waals surface area contributed by atoms with Gasteiger partial charge in [0.25, 0.3) is 0 Å². The Hall–Kier alpha value is -3.40. The quantitative estimate of drug-likeness (QED) is 0.227. The van der Waals surface area contributed by atoms with Crippen molar-refractivity contribution in [3.05, 3.63) is 42.5 Å². The van der Waals surface area contributed by atoms with Crippen LogP contribution in [0.2, 0.25) is 0 Å². The van der Waals surface area contributed by atoms with Crippen LogP contribution < -0.4 is 10.2 Å². The summed E-state index contributed by atoms with van der Waals surface area (Å²) in [5.41, 5.74) is 4.93. The predicted molar refractivity (Wildman–Crippen MR) is 152 cm³/mol. The van der Waals surface area contributed by atoms with Crippen LogP contribution in [0.25, 0.3) is 27.8 Å². The van der Waals surface area contributed by atoms with Gasteiger partial charge in [-0.25, -0.2) is 29.6 Å². The lowest BCUT2D eigenvalue weighted by molar-refractivity contribution is 0.591. The van der Waals surface area contributed by atoms with Crippen molar-refractivity contribution in [2.75, 3.05) is 28.2 Å². The number of anilines is 2. The van der Waals surface area contributed by atoms with Crippen molar-refractivity contribution < 1.29 is 0 Å². The average molecular weight is 608 g/mol. The molecule has 0 spiro atoms. The van der Waals surface area contributed by atoms with Crippen LogP contribution in [0.3, 0.4) is 0 Å². The maximum absolute atomic E-state index is 8.98. The highest BCUT2D eigenvalue weighted by atomic mass is 127. The summed E-state index contributed by atoms with van der Waals surface area (Å²) in [6.45, 7) is 4.91. The summed E-state index contributed by atoms with van der Waals surface area (Å²) < 4.78 is 2.88. The van der Waals surface area contributed by atoms with E-state index >= 15 is 0 Å². The smallest absolute Gasteiger partial charge is 0.232 e. The van der Waals surface area contributed by atoms with Crippen LogP contribution in [0.1, 0.15) is 44.6 Å². The molecule has 190 valence electrons. The number of nitriles is 1. The highest BCUT2D eigenvalue weighted by Gasteiger charge is 2.29. The predicted octanol–water partition coefficient (Wildman–Crippen LogP) is 4.57. The summed E-state index contributed by atoms with van der Waals surface area (Å²) in [7, 11) is 2.16. The second-order valence-corrected chi connectivity index (χ2v) is 10.1. The molecule has 4 aromatic heterocycles. The maximum Gasteiger partial charge on any atom is 0.232 e. The standard InChI is InChI=1S/C26H29IN10/c1-4-21-26(36(3)18-7-6-16(8-18)9-27)35-23-20(14-32-25(29-5-2)24(23)34-21)17-11-33-37(15-17)19-12-30-22(10-28)31-13-19/h11-16,18H,4-9H2,1-3H3,(H,29,32)/t16-,18+/m0/s1. The molecule has 2 atom stereocenters. The highest BCUT2D eigenvalue weighted by molar-refractivity contribution is 14.1. The van der Waals surface area contributed by atoms with Gasteiger partial charge in [-0.05, 0) is 38.5 Å². The van der Waals surface area contributed by atoms with Crippen LogP contribution in [-0.4, -0.2) is 58.8 Å². The number of halogens is 1. The van der Waals surface area contributed by atoms with E-state index in [1.165, 1.54) is 23.7 Å². The molecule has 0 aromatic carbocycles. The topological polar surface area (TPSA) is 121 Å². The third-order valence-corrected chi connectivity index (χ3v) is 8.18. The van der Waals surface area contributed by atoms with Crippen LogP contribution in [0.5, 0.6) is 0 Å². The van der Waals surface area contributed by atoms with Gasteiger partial charge in [0.2, 0.25) is 5.82 Å². The second kappa shape index (κ2) is 10.9. The van der Waals surface area contributed by atoms with Crippen molar-refractivity contribution in [2.45, 2.75) is 45.6 Å². The summed E-state index contributed by atoms with van der Waals surface area (Å²) in [4.78, 5) is 25.5. The zero-order valence-electron chi connectivity index (χ0n) is 21.2. The van der Waals surface area contributed by atoms with Crippen LogP contribution in [-0.2, 0) is 6.42 Å². The van der Waals surface area contributed by atoms with E-state index in [1.54, 1.807) is 23.3 Å². The third-order valence-electron chi connectivity index (χ3n) is 6.94. The minimum Gasteiger partial charge on any atom is -0.368 e. The van der Waals surface area contributed by atoms with Gasteiger partial charge in [0.05, 0.1) is 24.3 Å². The Morgan fingerprint density at radius 3 is 2.59 bits per heavy atom. The van der Waals surface area contributed by atoms with Gasteiger partial charge in [-0.2, -0.15) is 10.4 Å². The molecular formula is C26H29IN10. The zero-order chi connectivity index (χ0) is 25.9. The normalized spacial score (nSPS) is 17.2. The molecule has 1 aliphatic rings. The fourth-order valence-electron chi connectivity index (χ4n) is 4.91. The van der Waals surface area contributed by atoms with E-state index in [4.69, 9.17) is 20.2 Å². The number of nitrogens with zero attached hydrogens (tertiary/aromatic N) is 9. The molecule has 1 fully saturated rings. The first-order chi connectivity index (χ1) is 18.1. The van der Waals surface area contributed by atoms with Crippen LogP contribution >= 0.6 is 22.6 Å². The monoisotopic (exact) mass is 608 g/mol. The number of pyridine rings is 1. The summed E-state index contributed by atoms with van der Waals surface area (Å²) in [6, 6.07) is 2.40. The molecule has 0 bridgehead atoms. The van der Waals surface area contributed by atoms with E-state index in [9.17, 15) is 0 Å². The summed E-state index contributed by atoms with van der Waals surface area (Å²) in [6.07, 6.45) is 13.1. The lowest BCUT2D eigenvalue weighted by Crippen LogP contribution is -2.31. The van der Waals surface area contributed by atoms with E-state index < -0.39 is 0 Å². The fraction of sp³-hybridized carbons (Fsp3) is 0.423. The first-order valence-electron chi connectivity index (χ1n) is 12.6. The Morgan fingerprint density at radius 1 is 1.11 bits per heavy atom. The van der Waals surface area contributed by atoms with Gasteiger partial charge in [-0.1, -0.05) is 29.5 Å². The van der Waals surface area contributed by atoms with Gasteiger partial charge >= 0.3 is 0 Å². The molecule has 10 nitrogen and oxygen atoms in total. The number of alkyl halides is 1. The SMILES string of the molecule is CCNc1ncc(-c2cnn(-c3cnc(C#N)nc3)c2)c2nc(N(C)[C@@H]3CC[C@H](CI)C3)c(CC)nc12. The molecule has 1 aliphatic carbocycles. The minimum atomic E-state index is 0.121. The zero-order valence-corrected chi connectivity index (χ0v) is 23.3. The first kappa shape index (κ1) is 25.3. The molecule has 37 heavy (non-hydrogen) atoms. The lowest BCUT2D eigenvalue weighted by atomic mass is 10.1. The number of nitrogens with one attached hydrogen (secondary N) is 1. The number of rotatable bonds is 8.